The van der Waals surface area contributed by atoms with E-state index in [1.54, 1.807) is 12.1 Å². The van der Waals surface area contributed by atoms with Crippen LogP contribution in [0.4, 0.5) is 4.39 Å². The Hall–Kier alpha value is -2.97. The molecule has 2 N–H and O–H groups in total. The Morgan fingerprint density at radius 3 is 2.58 bits per heavy atom. The molecule has 0 saturated carbocycles. The highest BCUT2D eigenvalue weighted by Crippen LogP contribution is 2.29. The quantitative estimate of drug-likeness (QED) is 0.462. The van der Waals surface area contributed by atoms with Crippen molar-refractivity contribution in [3.05, 3.63) is 70.6 Å². The molecule has 1 aromatic carbocycles. The third kappa shape index (κ3) is 3.98. The number of ether oxygens (including phenoxy) is 2. The van der Waals surface area contributed by atoms with Gasteiger partial charge in [-0.15, -0.1) is 0 Å². The maximum Gasteiger partial charge on any atom is 0.371 e. The van der Waals surface area contributed by atoms with E-state index in [0.29, 0.717) is 36.2 Å². The molecule has 2 aromatic rings. The van der Waals surface area contributed by atoms with Crippen molar-refractivity contribution in [1.82, 2.24) is 0 Å². The fourth-order valence-corrected chi connectivity index (χ4v) is 2.53. The Morgan fingerprint density at radius 1 is 1.15 bits per heavy atom. The van der Waals surface area contributed by atoms with Gasteiger partial charge in [0.1, 0.15) is 11.6 Å². The molecule has 0 unspecified atom stereocenters. The van der Waals surface area contributed by atoms with Crippen LogP contribution in [0.1, 0.15) is 33.7 Å². The zero-order valence-corrected chi connectivity index (χ0v) is 13.5. The van der Waals surface area contributed by atoms with E-state index < -0.39 is 29.6 Å². The van der Waals surface area contributed by atoms with Crippen LogP contribution in [0.2, 0.25) is 0 Å². The molecule has 0 spiro atoms. The van der Waals surface area contributed by atoms with Crippen LogP contribution in [0, 0.1) is 5.82 Å². The van der Waals surface area contributed by atoms with Crippen molar-refractivity contribution >= 4 is 11.8 Å². The van der Waals surface area contributed by atoms with Crippen molar-refractivity contribution in [2.24, 2.45) is 0 Å². The number of furan rings is 1. The van der Waals surface area contributed by atoms with Crippen molar-refractivity contribution in [2.45, 2.75) is 12.7 Å². The number of allylic oxidation sites excluding steroid dienone is 1. The maximum atomic E-state index is 13.6. The standard InChI is InChI=1S/C18H15FO7/c19-11-2-1-10(13(8-11)18-24-5-6-25-18)7-12-3-4-16(26-12)14(20)9-15(21)17(22)23/h1-4,8-9,18,21H,5-7H2,(H,22,23). The van der Waals surface area contributed by atoms with Crippen LogP contribution in [0.15, 0.2) is 46.6 Å². The number of rotatable bonds is 6. The van der Waals surface area contributed by atoms with Gasteiger partial charge in [-0.1, -0.05) is 6.07 Å². The summed E-state index contributed by atoms with van der Waals surface area (Å²) in [6, 6.07) is 7.12. The molecule has 0 aliphatic carbocycles. The van der Waals surface area contributed by atoms with Crippen LogP contribution in [0.5, 0.6) is 0 Å². The van der Waals surface area contributed by atoms with Gasteiger partial charge in [0.15, 0.2) is 12.1 Å². The topological polar surface area (TPSA) is 106 Å². The number of aliphatic hydroxyl groups is 1. The highest BCUT2D eigenvalue weighted by molar-refractivity contribution is 6.06. The molecule has 0 radical (unpaired) electrons. The number of halogens is 1. The van der Waals surface area contributed by atoms with Crippen molar-refractivity contribution in [3.8, 4) is 0 Å². The van der Waals surface area contributed by atoms with E-state index in [1.165, 1.54) is 18.2 Å². The first kappa shape index (κ1) is 17.8. The lowest BCUT2D eigenvalue weighted by molar-refractivity contribution is -0.135. The third-order valence-corrected chi connectivity index (χ3v) is 3.74. The van der Waals surface area contributed by atoms with Gasteiger partial charge in [-0.25, -0.2) is 9.18 Å². The number of carboxylic acids is 1. The second-order valence-corrected chi connectivity index (χ2v) is 5.56. The first-order valence-electron chi connectivity index (χ1n) is 7.72. The van der Waals surface area contributed by atoms with Gasteiger partial charge in [-0.05, 0) is 29.8 Å². The number of carbonyl (C=O) groups excluding carboxylic acids is 1. The molecule has 26 heavy (non-hydrogen) atoms. The van der Waals surface area contributed by atoms with Crippen LogP contribution in [0.3, 0.4) is 0 Å². The smallest absolute Gasteiger partial charge is 0.371 e. The van der Waals surface area contributed by atoms with Crippen LogP contribution in [0.25, 0.3) is 0 Å². The molecule has 1 saturated heterocycles. The van der Waals surface area contributed by atoms with Gasteiger partial charge < -0.3 is 24.1 Å². The summed E-state index contributed by atoms with van der Waals surface area (Å²) in [5, 5.41) is 17.7. The van der Waals surface area contributed by atoms with Crippen LogP contribution < -0.4 is 0 Å². The van der Waals surface area contributed by atoms with Gasteiger partial charge in [0.25, 0.3) is 0 Å². The lowest BCUT2D eigenvalue weighted by Gasteiger charge is -2.14. The molecule has 8 heteroatoms. The Bertz CT molecular complexity index is 862. The van der Waals surface area contributed by atoms with E-state index in [9.17, 15) is 14.0 Å². The number of hydrogen-bond acceptors (Lipinski definition) is 6. The molecule has 7 nitrogen and oxygen atoms in total. The molecule has 1 fully saturated rings. The minimum Gasteiger partial charge on any atom is -0.502 e. The zero-order valence-electron chi connectivity index (χ0n) is 13.5. The van der Waals surface area contributed by atoms with Crippen molar-refractivity contribution in [2.75, 3.05) is 13.2 Å². The van der Waals surface area contributed by atoms with Gasteiger partial charge in [0.05, 0.1) is 13.2 Å². The summed E-state index contributed by atoms with van der Waals surface area (Å²) >= 11 is 0. The predicted molar refractivity (Wildman–Crippen MR) is 85.2 cm³/mol. The molecule has 1 aliphatic rings. The number of aliphatic carboxylic acids is 1. The molecule has 1 aliphatic heterocycles. The number of benzene rings is 1. The maximum absolute atomic E-state index is 13.6. The number of ketones is 1. The summed E-state index contributed by atoms with van der Waals surface area (Å²) in [5.41, 5.74) is 1.24. The molecule has 1 aromatic heterocycles. The second kappa shape index (κ2) is 7.51. The summed E-state index contributed by atoms with van der Waals surface area (Å²) < 4.78 is 29.8. The van der Waals surface area contributed by atoms with Gasteiger partial charge in [0.2, 0.25) is 11.5 Å². The Kier molecular flexibility index (Phi) is 5.15. The number of carbonyl (C=O) groups is 2. The van der Waals surface area contributed by atoms with E-state index in [2.05, 4.69) is 0 Å². The zero-order chi connectivity index (χ0) is 18.7. The van der Waals surface area contributed by atoms with Crippen LogP contribution >= 0.6 is 0 Å². The van der Waals surface area contributed by atoms with E-state index >= 15 is 0 Å². The van der Waals surface area contributed by atoms with E-state index in [1.807, 2.05) is 0 Å². The molecular weight excluding hydrogens is 347 g/mol. The van der Waals surface area contributed by atoms with Crippen molar-refractivity contribution in [3.63, 3.8) is 0 Å². The molecule has 0 amide bonds. The van der Waals surface area contributed by atoms with Gasteiger partial charge >= 0.3 is 5.97 Å². The molecule has 3 rings (SSSR count). The minimum atomic E-state index is -1.61. The Balaban J connectivity index is 1.80. The molecule has 0 bridgehead atoms. The average molecular weight is 362 g/mol. The van der Waals surface area contributed by atoms with Gasteiger partial charge in [0, 0.05) is 18.1 Å². The van der Waals surface area contributed by atoms with Crippen molar-refractivity contribution < 1.29 is 38.1 Å². The summed E-state index contributed by atoms with van der Waals surface area (Å²) in [6.45, 7) is 0.832. The highest BCUT2D eigenvalue weighted by atomic mass is 19.1. The first-order chi connectivity index (χ1) is 12.4. The number of aliphatic hydroxyl groups excluding tert-OH is 1. The monoisotopic (exact) mass is 362 g/mol. The lowest BCUT2D eigenvalue weighted by Crippen LogP contribution is -2.04. The van der Waals surface area contributed by atoms with Crippen molar-refractivity contribution in [1.29, 1.82) is 0 Å². The summed E-state index contributed by atoms with van der Waals surface area (Å²) in [5.74, 6) is -3.61. The number of carboxylic acid groups (broad SMARTS) is 1. The third-order valence-electron chi connectivity index (χ3n) is 3.74. The lowest BCUT2D eigenvalue weighted by atomic mass is 10.0. The molecule has 0 atom stereocenters. The summed E-state index contributed by atoms with van der Waals surface area (Å²) in [4.78, 5) is 22.4. The summed E-state index contributed by atoms with van der Waals surface area (Å²) in [6.07, 6.45) is 0.155. The van der Waals surface area contributed by atoms with E-state index in [4.69, 9.17) is 24.1 Å². The molecular formula is C18H15FO7. The Labute approximate surface area is 147 Å². The normalized spacial score (nSPS) is 15.3. The SMILES string of the molecule is O=C(O)C(O)=CC(=O)c1ccc(Cc2ccc(F)cc2C2OCCO2)o1. The minimum absolute atomic E-state index is 0.121. The fourth-order valence-electron chi connectivity index (χ4n) is 2.53. The summed E-state index contributed by atoms with van der Waals surface area (Å²) in [7, 11) is 0. The largest absolute Gasteiger partial charge is 0.502 e. The average Bonchev–Trinajstić information content (AvgIpc) is 3.28. The Morgan fingerprint density at radius 2 is 1.88 bits per heavy atom. The first-order valence-corrected chi connectivity index (χ1v) is 7.72. The predicted octanol–water partition coefficient (Wildman–Crippen LogP) is 2.76. The fraction of sp³-hybridized carbons (Fsp3) is 0.222. The second-order valence-electron chi connectivity index (χ2n) is 5.56. The van der Waals surface area contributed by atoms with Gasteiger partial charge in [-0.3, -0.25) is 4.79 Å². The van der Waals surface area contributed by atoms with Gasteiger partial charge in [-0.2, -0.15) is 0 Å². The molecule has 2 heterocycles. The van der Waals surface area contributed by atoms with Crippen LogP contribution in [-0.2, 0) is 20.7 Å². The highest BCUT2D eigenvalue weighted by Gasteiger charge is 2.23. The number of hydrogen-bond donors (Lipinski definition) is 2. The van der Waals surface area contributed by atoms with E-state index in [-0.39, 0.29) is 12.2 Å². The molecule has 136 valence electrons. The van der Waals surface area contributed by atoms with E-state index in [0.717, 1.165) is 0 Å². The van der Waals surface area contributed by atoms with Crippen LogP contribution in [-0.4, -0.2) is 35.2 Å².